The van der Waals surface area contributed by atoms with Crippen molar-refractivity contribution in [3.8, 4) is 0 Å². The predicted molar refractivity (Wildman–Crippen MR) is 49.5 cm³/mol. The zero-order valence-electron chi connectivity index (χ0n) is 8.40. The van der Waals surface area contributed by atoms with E-state index in [4.69, 9.17) is 5.11 Å². The first-order valence-corrected chi connectivity index (χ1v) is 4.55. The number of benzene rings is 1. The maximum absolute atomic E-state index is 13.2. The van der Waals surface area contributed by atoms with Gasteiger partial charge in [-0.25, -0.2) is 13.2 Å². The Bertz CT molecular complexity index is 436. The lowest BCUT2D eigenvalue weighted by atomic mass is 10.0. The van der Waals surface area contributed by atoms with Crippen molar-refractivity contribution in [2.24, 2.45) is 0 Å². The highest BCUT2D eigenvalue weighted by atomic mass is 19.2. The molecule has 4 nitrogen and oxygen atoms in total. The topological polar surface area (TPSA) is 77.8 Å². The van der Waals surface area contributed by atoms with E-state index >= 15 is 0 Å². The number of carboxylic acid groups (broad SMARTS) is 1. The van der Waals surface area contributed by atoms with Crippen molar-refractivity contribution in [2.45, 2.75) is 18.6 Å². The predicted octanol–water partition coefficient (Wildman–Crippen LogP) is 0.973. The van der Waals surface area contributed by atoms with Crippen molar-refractivity contribution in [2.75, 3.05) is 0 Å². The third-order valence-corrected chi connectivity index (χ3v) is 2.09. The van der Waals surface area contributed by atoms with Crippen molar-refractivity contribution in [3.05, 3.63) is 35.1 Å². The molecule has 0 radical (unpaired) electrons. The molecule has 1 aromatic carbocycles. The van der Waals surface area contributed by atoms with Gasteiger partial charge in [0.2, 0.25) is 0 Å². The first-order valence-electron chi connectivity index (χ1n) is 4.55. The highest BCUT2D eigenvalue weighted by Crippen LogP contribution is 2.24. The standard InChI is InChI=1S/C10H9F3O4/c11-4-1-5(9(13)6(12)2-4)10(17)7(14)3-8(15)16/h1-2,7,10,14,17H,3H2,(H,15,16). The van der Waals surface area contributed by atoms with E-state index in [1.54, 1.807) is 0 Å². The van der Waals surface area contributed by atoms with Crippen LogP contribution in [0.4, 0.5) is 13.2 Å². The lowest BCUT2D eigenvalue weighted by Gasteiger charge is -2.17. The summed E-state index contributed by atoms with van der Waals surface area (Å²) in [6.07, 6.45) is -4.75. The number of rotatable bonds is 4. The molecule has 3 N–H and O–H groups in total. The summed E-state index contributed by atoms with van der Waals surface area (Å²) in [5.41, 5.74) is -0.823. The second-order valence-electron chi connectivity index (χ2n) is 3.40. The van der Waals surface area contributed by atoms with Crippen LogP contribution < -0.4 is 0 Å². The highest BCUT2D eigenvalue weighted by Gasteiger charge is 2.26. The van der Waals surface area contributed by atoms with Crippen molar-refractivity contribution >= 4 is 5.97 Å². The minimum absolute atomic E-state index is 0.273. The molecule has 0 saturated carbocycles. The van der Waals surface area contributed by atoms with Gasteiger partial charge in [-0.2, -0.15) is 0 Å². The molecule has 0 aromatic heterocycles. The van der Waals surface area contributed by atoms with Gasteiger partial charge in [-0.3, -0.25) is 4.79 Å². The van der Waals surface area contributed by atoms with Crippen LogP contribution in [-0.4, -0.2) is 27.4 Å². The van der Waals surface area contributed by atoms with Gasteiger partial charge in [-0.05, 0) is 6.07 Å². The van der Waals surface area contributed by atoms with Gasteiger partial charge in [0.25, 0.3) is 0 Å². The maximum Gasteiger partial charge on any atom is 0.306 e. The van der Waals surface area contributed by atoms with Crippen LogP contribution in [0, 0.1) is 17.5 Å². The van der Waals surface area contributed by atoms with Crippen LogP contribution in [0.5, 0.6) is 0 Å². The van der Waals surface area contributed by atoms with Crippen molar-refractivity contribution in [3.63, 3.8) is 0 Å². The van der Waals surface area contributed by atoms with E-state index in [1.807, 2.05) is 0 Å². The second-order valence-corrected chi connectivity index (χ2v) is 3.40. The molecular weight excluding hydrogens is 241 g/mol. The van der Waals surface area contributed by atoms with Crippen LogP contribution in [0.1, 0.15) is 18.1 Å². The molecule has 0 aliphatic heterocycles. The number of aliphatic hydroxyl groups is 2. The van der Waals surface area contributed by atoms with Crippen LogP contribution >= 0.6 is 0 Å². The molecule has 0 fully saturated rings. The number of carboxylic acids is 1. The molecule has 1 rings (SSSR count). The van der Waals surface area contributed by atoms with E-state index in [0.717, 1.165) is 0 Å². The molecule has 0 spiro atoms. The van der Waals surface area contributed by atoms with Gasteiger partial charge in [-0.1, -0.05) is 0 Å². The monoisotopic (exact) mass is 250 g/mol. The van der Waals surface area contributed by atoms with Crippen molar-refractivity contribution in [1.82, 2.24) is 0 Å². The molecule has 2 unspecified atom stereocenters. The molecule has 0 bridgehead atoms. The first kappa shape index (κ1) is 13.5. The van der Waals surface area contributed by atoms with E-state index in [0.29, 0.717) is 6.07 Å². The Morgan fingerprint density at radius 1 is 1.24 bits per heavy atom. The normalized spacial score (nSPS) is 14.4. The van der Waals surface area contributed by atoms with E-state index in [2.05, 4.69) is 0 Å². The highest BCUT2D eigenvalue weighted by molar-refractivity contribution is 5.67. The van der Waals surface area contributed by atoms with Gasteiger partial charge in [0.15, 0.2) is 11.6 Å². The minimum Gasteiger partial charge on any atom is -0.481 e. The summed E-state index contributed by atoms with van der Waals surface area (Å²) in [4.78, 5) is 10.3. The fraction of sp³-hybridized carbons (Fsp3) is 0.300. The SMILES string of the molecule is O=C(O)CC(O)C(O)c1cc(F)cc(F)c1F. The van der Waals surface area contributed by atoms with Gasteiger partial charge < -0.3 is 15.3 Å². The van der Waals surface area contributed by atoms with Gasteiger partial charge >= 0.3 is 5.97 Å². The Hall–Kier alpha value is -1.60. The van der Waals surface area contributed by atoms with E-state index in [9.17, 15) is 28.2 Å². The maximum atomic E-state index is 13.2. The number of hydrogen-bond donors (Lipinski definition) is 3. The van der Waals surface area contributed by atoms with E-state index < -0.39 is 47.6 Å². The summed E-state index contributed by atoms with van der Waals surface area (Å²) in [6.45, 7) is 0. The summed E-state index contributed by atoms with van der Waals surface area (Å²) in [6, 6.07) is 0.767. The van der Waals surface area contributed by atoms with Crippen LogP contribution in [0.25, 0.3) is 0 Å². The average Bonchev–Trinajstić information content (AvgIpc) is 2.21. The summed E-state index contributed by atoms with van der Waals surface area (Å²) in [5, 5.41) is 26.9. The quantitative estimate of drug-likeness (QED) is 0.696. The van der Waals surface area contributed by atoms with E-state index in [-0.39, 0.29) is 6.07 Å². The molecule has 7 heteroatoms. The lowest BCUT2D eigenvalue weighted by molar-refractivity contribution is -0.141. The van der Waals surface area contributed by atoms with Gasteiger partial charge in [-0.15, -0.1) is 0 Å². The first-order chi connectivity index (χ1) is 7.82. The van der Waals surface area contributed by atoms with Gasteiger partial charge in [0.05, 0.1) is 12.5 Å². The fourth-order valence-corrected chi connectivity index (χ4v) is 1.29. The third-order valence-electron chi connectivity index (χ3n) is 2.09. The molecule has 17 heavy (non-hydrogen) atoms. The molecule has 0 amide bonds. The van der Waals surface area contributed by atoms with Gasteiger partial charge in [0.1, 0.15) is 11.9 Å². The third kappa shape index (κ3) is 3.18. The molecule has 0 heterocycles. The molecule has 1 aromatic rings. The molecule has 0 saturated heterocycles. The zero-order valence-corrected chi connectivity index (χ0v) is 8.40. The number of halogens is 3. The van der Waals surface area contributed by atoms with Crippen LogP contribution in [0.3, 0.4) is 0 Å². The lowest BCUT2D eigenvalue weighted by Crippen LogP contribution is -2.23. The smallest absolute Gasteiger partial charge is 0.306 e. The van der Waals surface area contributed by atoms with Crippen molar-refractivity contribution < 1.29 is 33.3 Å². The molecule has 2 atom stereocenters. The van der Waals surface area contributed by atoms with Gasteiger partial charge in [0, 0.05) is 11.6 Å². The Labute approximate surface area is 93.9 Å². The summed E-state index contributed by atoms with van der Waals surface area (Å²) in [5.74, 6) is -5.63. The zero-order chi connectivity index (χ0) is 13.2. The molecule has 94 valence electrons. The Balaban J connectivity index is 3.03. The number of hydrogen-bond acceptors (Lipinski definition) is 3. The average molecular weight is 250 g/mol. The van der Waals surface area contributed by atoms with Crippen molar-refractivity contribution in [1.29, 1.82) is 0 Å². The second kappa shape index (κ2) is 5.15. The largest absolute Gasteiger partial charge is 0.481 e. The van der Waals surface area contributed by atoms with Crippen LogP contribution in [-0.2, 0) is 4.79 Å². The number of carbonyl (C=O) groups is 1. The minimum atomic E-state index is -2.02. The molecule has 0 aliphatic rings. The summed E-state index contributed by atoms with van der Waals surface area (Å²) >= 11 is 0. The number of aliphatic hydroxyl groups excluding tert-OH is 2. The summed E-state index contributed by atoms with van der Waals surface area (Å²) in [7, 11) is 0. The van der Waals surface area contributed by atoms with Crippen LogP contribution in [0.2, 0.25) is 0 Å². The summed E-state index contributed by atoms with van der Waals surface area (Å²) < 4.78 is 38.8. The molecular formula is C10H9F3O4. The Morgan fingerprint density at radius 2 is 1.82 bits per heavy atom. The number of aliphatic carboxylic acids is 1. The fourth-order valence-electron chi connectivity index (χ4n) is 1.29. The van der Waals surface area contributed by atoms with Crippen LogP contribution in [0.15, 0.2) is 12.1 Å². The Kier molecular flexibility index (Phi) is 4.08. The van der Waals surface area contributed by atoms with E-state index in [1.165, 1.54) is 0 Å². The Morgan fingerprint density at radius 3 is 2.35 bits per heavy atom. The molecule has 0 aliphatic carbocycles.